The van der Waals surface area contributed by atoms with Crippen molar-refractivity contribution < 1.29 is 5.11 Å². The van der Waals surface area contributed by atoms with Gasteiger partial charge in [-0.25, -0.2) is 5.11 Å². The first-order valence-corrected chi connectivity index (χ1v) is 3.14. The molecule has 47 valence electrons. The molecule has 1 aromatic carbocycles. The highest BCUT2D eigenvalue weighted by atomic mass is 32.1. The summed E-state index contributed by atoms with van der Waals surface area (Å²) in [6.45, 7) is -0.181. The van der Waals surface area contributed by atoms with E-state index in [4.69, 9.17) is 0 Å². The second-order valence-electron chi connectivity index (χ2n) is 1.77. The predicted octanol–water partition coefficient (Wildman–Crippen LogP) is 1.91. The molecule has 0 aliphatic heterocycles. The first-order chi connectivity index (χ1) is 4.34. The van der Waals surface area contributed by atoms with E-state index in [-0.39, 0.29) is 6.61 Å². The zero-order valence-corrected chi connectivity index (χ0v) is 5.77. The standard InChI is InChI=1S/C7H7OS/c8-5-6-3-1-2-4-7(6)9/h1-4,9H,5H2. The summed E-state index contributed by atoms with van der Waals surface area (Å²) < 4.78 is 0. The van der Waals surface area contributed by atoms with Gasteiger partial charge in [-0.3, -0.25) is 0 Å². The Kier molecular flexibility index (Phi) is 2.14. The highest BCUT2D eigenvalue weighted by molar-refractivity contribution is 7.80. The van der Waals surface area contributed by atoms with Crippen LogP contribution in [0.25, 0.3) is 0 Å². The van der Waals surface area contributed by atoms with Gasteiger partial charge in [0, 0.05) is 4.90 Å². The number of hydrogen-bond acceptors (Lipinski definition) is 1. The monoisotopic (exact) mass is 139 g/mol. The summed E-state index contributed by atoms with van der Waals surface area (Å²) in [6.07, 6.45) is 0. The Labute approximate surface area is 59.7 Å². The number of thiol groups is 1. The average molecular weight is 139 g/mol. The third-order valence-electron chi connectivity index (χ3n) is 1.15. The molecule has 9 heavy (non-hydrogen) atoms. The maximum atomic E-state index is 10.3. The van der Waals surface area contributed by atoms with Crippen molar-refractivity contribution in [2.75, 3.05) is 0 Å². The molecule has 1 radical (unpaired) electrons. The van der Waals surface area contributed by atoms with Gasteiger partial charge < -0.3 is 0 Å². The molecule has 0 saturated heterocycles. The van der Waals surface area contributed by atoms with Gasteiger partial charge in [-0.05, 0) is 11.6 Å². The topological polar surface area (TPSA) is 19.9 Å². The van der Waals surface area contributed by atoms with Crippen LogP contribution in [0.1, 0.15) is 5.56 Å². The van der Waals surface area contributed by atoms with E-state index in [0.29, 0.717) is 0 Å². The van der Waals surface area contributed by atoms with Crippen LogP contribution >= 0.6 is 12.6 Å². The fourth-order valence-electron chi connectivity index (χ4n) is 0.633. The van der Waals surface area contributed by atoms with Crippen molar-refractivity contribution in [2.45, 2.75) is 11.5 Å². The van der Waals surface area contributed by atoms with Crippen LogP contribution in [0.5, 0.6) is 0 Å². The molecular formula is C7H7OS. The van der Waals surface area contributed by atoms with Crippen molar-refractivity contribution in [3.8, 4) is 0 Å². The van der Waals surface area contributed by atoms with Crippen molar-refractivity contribution in [3.63, 3.8) is 0 Å². The fourth-order valence-corrected chi connectivity index (χ4v) is 0.858. The minimum atomic E-state index is -0.181. The molecule has 0 atom stereocenters. The van der Waals surface area contributed by atoms with E-state index in [1.165, 1.54) is 0 Å². The molecule has 0 bridgehead atoms. The molecule has 0 aliphatic carbocycles. The van der Waals surface area contributed by atoms with Crippen LogP contribution in [-0.2, 0) is 11.7 Å². The van der Waals surface area contributed by atoms with Crippen molar-refractivity contribution in [1.82, 2.24) is 0 Å². The Bertz CT molecular complexity index is 198. The van der Waals surface area contributed by atoms with Gasteiger partial charge in [0.25, 0.3) is 0 Å². The largest absolute Gasteiger partial charge is 0.232 e. The molecule has 1 aromatic rings. The lowest BCUT2D eigenvalue weighted by atomic mass is 10.2. The van der Waals surface area contributed by atoms with Crippen LogP contribution in [0.4, 0.5) is 0 Å². The third-order valence-corrected chi connectivity index (χ3v) is 1.58. The molecule has 0 spiro atoms. The summed E-state index contributed by atoms with van der Waals surface area (Å²) in [7, 11) is 0. The molecule has 0 fully saturated rings. The van der Waals surface area contributed by atoms with Gasteiger partial charge in [-0.2, -0.15) is 0 Å². The van der Waals surface area contributed by atoms with Crippen LogP contribution in [0, 0.1) is 0 Å². The van der Waals surface area contributed by atoms with Crippen LogP contribution in [0.3, 0.4) is 0 Å². The van der Waals surface area contributed by atoms with Crippen molar-refractivity contribution >= 4 is 12.6 Å². The molecule has 0 saturated carbocycles. The molecule has 1 nitrogen and oxygen atoms in total. The van der Waals surface area contributed by atoms with Gasteiger partial charge in [0.05, 0.1) is 0 Å². The van der Waals surface area contributed by atoms with Gasteiger partial charge in [-0.1, -0.05) is 18.2 Å². The highest BCUT2D eigenvalue weighted by Crippen LogP contribution is 2.11. The molecule has 2 heteroatoms. The third kappa shape index (κ3) is 1.47. The Morgan fingerprint density at radius 1 is 1.33 bits per heavy atom. The van der Waals surface area contributed by atoms with E-state index in [2.05, 4.69) is 12.6 Å². The predicted molar refractivity (Wildman–Crippen MR) is 38.1 cm³/mol. The minimum Gasteiger partial charge on any atom is -0.232 e. The van der Waals surface area contributed by atoms with Crippen LogP contribution in [0.2, 0.25) is 0 Å². The van der Waals surface area contributed by atoms with E-state index in [1.807, 2.05) is 18.2 Å². The number of hydrogen-bond donors (Lipinski definition) is 1. The number of rotatable bonds is 1. The molecule has 1 rings (SSSR count). The van der Waals surface area contributed by atoms with E-state index < -0.39 is 0 Å². The molecule has 0 aromatic heterocycles. The summed E-state index contributed by atoms with van der Waals surface area (Å²) in [5, 5.41) is 10.3. The summed E-state index contributed by atoms with van der Waals surface area (Å²) in [4.78, 5) is 0.785. The van der Waals surface area contributed by atoms with E-state index in [9.17, 15) is 5.11 Å². The second-order valence-corrected chi connectivity index (χ2v) is 2.25. The lowest BCUT2D eigenvalue weighted by Crippen LogP contribution is -1.81. The quantitative estimate of drug-likeness (QED) is 0.573. The Morgan fingerprint density at radius 3 is 2.44 bits per heavy atom. The van der Waals surface area contributed by atoms with Gasteiger partial charge in [-0.15, -0.1) is 12.6 Å². The smallest absolute Gasteiger partial charge is 0.108 e. The van der Waals surface area contributed by atoms with Crippen molar-refractivity contribution in [1.29, 1.82) is 0 Å². The minimum absolute atomic E-state index is 0.181. The Balaban J connectivity index is 3.01. The fraction of sp³-hybridized carbons (Fsp3) is 0.143. The zero-order chi connectivity index (χ0) is 6.69. The van der Waals surface area contributed by atoms with Crippen LogP contribution in [0.15, 0.2) is 29.2 Å². The Hall–Kier alpha value is -0.470. The van der Waals surface area contributed by atoms with Gasteiger partial charge in [0.1, 0.15) is 6.61 Å². The molecule has 0 amide bonds. The number of benzene rings is 1. The Morgan fingerprint density at radius 2 is 2.00 bits per heavy atom. The SMILES string of the molecule is [O]Cc1ccccc1S. The second kappa shape index (κ2) is 2.90. The van der Waals surface area contributed by atoms with E-state index in [1.54, 1.807) is 6.07 Å². The van der Waals surface area contributed by atoms with E-state index in [0.717, 1.165) is 10.5 Å². The van der Waals surface area contributed by atoms with Gasteiger partial charge >= 0.3 is 0 Å². The first kappa shape index (κ1) is 6.65. The highest BCUT2D eigenvalue weighted by Gasteiger charge is 1.92. The summed E-state index contributed by atoms with van der Waals surface area (Å²) in [6, 6.07) is 7.31. The maximum absolute atomic E-state index is 10.3. The van der Waals surface area contributed by atoms with Crippen LogP contribution in [-0.4, -0.2) is 0 Å². The van der Waals surface area contributed by atoms with E-state index >= 15 is 0 Å². The molecular weight excluding hydrogens is 132 g/mol. The zero-order valence-electron chi connectivity index (χ0n) is 4.87. The maximum Gasteiger partial charge on any atom is 0.108 e. The lowest BCUT2D eigenvalue weighted by molar-refractivity contribution is 0.175. The van der Waals surface area contributed by atoms with Crippen molar-refractivity contribution in [2.24, 2.45) is 0 Å². The summed E-state index contributed by atoms with van der Waals surface area (Å²) in [5.74, 6) is 0. The van der Waals surface area contributed by atoms with Crippen molar-refractivity contribution in [3.05, 3.63) is 29.8 Å². The summed E-state index contributed by atoms with van der Waals surface area (Å²) in [5.41, 5.74) is 0.765. The molecule has 0 N–H and O–H groups in total. The summed E-state index contributed by atoms with van der Waals surface area (Å²) >= 11 is 4.08. The lowest BCUT2D eigenvalue weighted by Gasteiger charge is -1.95. The van der Waals surface area contributed by atoms with Gasteiger partial charge in [0.2, 0.25) is 0 Å². The normalized spacial score (nSPS) is 9.56. The molecule has 0 heterocycles. The van der Waals surface area contributed by atoms with Gasteiger partial charge in [0.15, 0.2) is 0 Å². The first-order valence-electron chi connectivity index (χ1n) is 2.69. The average Bonchev–Trinajstić information content (AvgIpc) is 1.89. The molecule has 0 unspecified atom stereocenters. The van der Waals surface area contributed by atoms with Crippen LogP contribution < -0.4 is 0 Å². The molecule has 0 aliphatic rings.